The van der Waals surface area contributed by atoms with E-state index in [1.807, 2.05) is 20.8 Å². The van der Waals surface area contributed by atoms with Crippen LogP contribution in [-0.2, 0) is 4.43 Å². The van der Waals surface area contributed by atoms with Crippen molar-refractivity contribution in [1.82, 2.24) is 4.98 Å². The zero-order valence-electron chi connectivity index (χ0n) is 12.1. The summed E-state index contributed by atoms with van der Waals surface area (Å²) in [5.74, 6) is 0.197. The molecule has 1 atom stereocenters. The predicted octanol–water partition coefficient (Wildman–Crippen LogP) is 4.61. The average molecular weight is 295 g/mol. The lowest BCUT2D eigenvalue weighted by atomic mass is 10.2. The molecule has 0 aliphatic carbocycles. The molecule has 0 spiro atoms. The third kappa shape index (κ3) is 3.82. The monoisotopic (exact) mass is 295 g/mol. The van der Waals surface area contributed by atoms with E-state index in [0.717, 1.165) is 6.26 Å². The molecule has 0 amide bonds. The first-order valence-electron chi connectivity index (χ1n) is 6.01. The molecular formula is C12H20F3NO2Si. The standard InChI is InChI=1S/C12H20F3NO2Si/c1-8-16-9(7-17-8)10(12(13,14)15)18-19(5,6)11(2,3)4/h7,10H,1-6H3. The molecular weight excluding hydrogens is 275 g/mol. The van der Waals surface area contributed by atoms with Crippen LogP contribution in [0.15, 0.2) is 10.7 Å². The molecule has 1 heterocycles. The highest BCUT2D eigenvalue weighted by molar-refractivity contribution is 6.74. The lowest BCUT2D eigenvalue weighted by molar-refractivity contribution is -0.202. The van der Waals surface area contributed by atoms with Gasteiger partial charge in [0.05, 0.1) is 0 Å². The molecule has 0 aromatic carbocycles. The van der Waals surface area contributed by atoms with Gasteiger partial charge in [-0.05, 0) is 18.1 Å². The number of aromatic nitrogens is 1. The van der Waals surface area contributed by atoms with Crippen LogP contribution in [0.5, 0.6) is 0 Å². The molecule has 0 radical (unpaired) electrons. The number of alkyl halides is 3. The van der Waals surface area contributed by atoms with Gasteiger partial charge in [-0.1, -0.05) is 20.8 Å². The van der Waals surface area contributed by atoms with Gasteiger partial charge in [0.2, 0.25) is 0 Å². The maximum Gasteiger partial charge on any atom is 0.419 e. The molecule has 0 saturated heterocycles. The minimum atomic E-state index is -4.50. The van der Waals surface area contributed by atoms with Gasteiger partial charge >= 0.3 is 6.18 Å². The summed E-state index contributed by atoms with van der Waals surface area (Å²) < 4.78 is 49.8. The van der Waals surface area contributed by atoms with Crippen molar-refractivity contribution in [2.75, 3.05) is 0 Å². The second kappa shape index (κ2) is 4.94. The van der Waals surface area contributed by atoms with Gasteiger partial charge in [-0.3, -0.25) is 0 Å². The van der Waals surface area contributed by atoms with Gasteiger partial charge in [0, 0.05) is 6.92 Å². The van der Waals surface area contributed by atoms with E-state index in [-0.39, 0.29) is 16.6 Å². The third-order valence-electron chi connectivity index (χ3n) is 3.42. The highest BCUT2D eigenvalue weighted by atomic mass is 28.4. The van der Waals surface area contributed by atoms with E-state index in [9.17, 15) is 13.2 Å². The summed E-state index contributed by atoms with van der Waals surface area (Å²) in [4.78, 5) is 3.75. The van der Waals surface area contributed by atoms with E-state index >= 15 is 0 Å². The minimum Gasteiger partial charge on any atom is -0.449 e. The molecule has 0 saturated carbocycles. The van der Waals surface area contributed by atoms with Crippen molar-refractivity contribution in [2.45, 2.75) is 58.1 Å². The number of rotatable bonds is 3. The Hall–Kier alpha value is -0.823. The van der Waals surface area contributed by atoms with Crippen LogP contribution in [-0.4, -0.2) is 19.5 Å². The van der Waals surface area contributed by atoms with Gasteiger partial charge in [0.1, 0.15) is 12.0 Å². The molecule has 1 unspecified atom stereocenters. The summed E-state index contributed by atoms with van der Waals surface area (Å²) in [6, 6.07) is 0. The molecule has 1 aromatic heterocycles. The Balaban J connectivity index is 3.08. The highest BCUT2D eigenvalue weighted by Gasteiger charge is 2.49. The molecule has 0 fully saturated rings. The van der Waals surface area contributed by atoms with Gasteiger partial charge in [-0.2, -0.15) is 13.2 Å². The van der Waals surface area contributed by atoms with Crippen LogP contribution in [0.4, 0.5) is 13.2 Å². The first kappa shape index (κ1) is 16.2. The molecule has 3 nitrogen and oxygen atoms in total. The lowest BCUT2D eigenvalue weighted by Gasteiger charge is -2.39. The normalized spacial score (nSPS) is 15.6. The van der Waals surface area contributed by atoms with Crippen molar-refractivity contribution >= 4 is 8.32 Å². The van der Waals surface area contributed by atoms with E-state index in [2.05, 4.69) is 4.98 Å². The zero-order chi connectivity index (χ0) is 15.1. The molecule has 0 N–H and O–H groups in total. The summed E-state index contributed by atoms with van der Waals surface area (Å²) in [5.41, 5.74) is -0.213. The fourth-order valence-electron chi connectivity index (χ4n) is 1.27. The van der Waals surface area contributed by atoms with Crippen LogP contribution in [0, 0.1) is 6.92 Å². The molecule has 0 aliphatic rings. The quantitative estimate of drug-likeness (QED) is 0.764. The number of hydrogen-bond acceptors (Lipinski definition) is 3. The Morgan fingerprint density at radius 1 is 1.26 bits per heavy atom. The van der Waals surface area contributed by atoms with Crippen LogP contribution in [0.1, 0.15) is 38.5 Å². The Bertz CT molecular complexity index is 435. The topological polar surface area (TPSA) is 35.3 Å². The first-order valence-corrected chi connectivity index (χ1v) is 8.92. The van der Waals surface area contributed by atoms with Crippen LogP contribution in [0.3, 0.4) is 0 Å². The lowest BCUT2D eigenvalue weighted by Crippen LogP contribution is -2.44. The van der Waals surface area contributed by atoms with Gasteiger partial charge in [0.25, 0.3) is 0 Å². The second-order valence-corrected chi connectivity index (χ2v) is 10.8. The number of aryl methyl sites for hydroxylation is 1. The van der Waals surface area contributed by atoms with Crippen molar-refractivity contribution < 1.29 is 22.0 Å². The van der Waals surface area contributed by atoms with Crippen molar-refractivity contribution in [1.29, 1.82) is 0 Å². The van der Waals surface area contributed by atoms with Crippen LogP contribution in [0.2, 0.25) is 18.1 Å². The van der Waals surface area contributed by atoms with Gasteiger partial charge < -0.3 is 8.84 Å². The fraction of sp³-hybridized carbons (Fsp3) is 0.750. The summed E-state index contributed by atoms with van der Waals surface area (Å²) in [5, 5.41) is -0.310. The number of hydrogen-bond donors (Lipinski definition) is 0. The Labute approximate surface area is 112 Å². The van der Waals surface area contributed by atoms with E-state index in [1.165, 1.54) is 6.92 Å². The first-order chi connectivity index (χ1) is 8.34. The molecule has 1 rings (SSSR count). The fourth-order valence-corrected chi connectivity index (χ4v) is 2.46. The average Bonchev–Trinajstić information content (AvgIpc) is 2.57. The largest absolute Gasteiger partial charge is 0.449 e. The van der Waals surface area contributed by atoms with Crippen LogP contribution in [0.25, 0.3) is 0 Å². The molecule has 0 aliphatic heterocycles. The molecule has 19 heavy (non-hydrogen) atoms. The van der Waals surface area contributed by atoms with Crippen molar-refractivity contribution in [2.24, 2.45) is 0 Å². The molecule has 0 bridgehead atoms. The van der Waals surface area contributed by atoms with E-state index < -0.39 is 20.6 Å². The Morgan fingerprint density at radius 2 is 1.79 bits per heavy atom. The van der Waals surface area contributed by atoms with Crippen molar-refractivity contribution in [3.05, 3.63) is 17.8 Å². The predicted molar refractivity (Wildman–Crippen MR) is 68.3 cm³/mol. The minimum absolute atomic E-state index is 0.197. The van der Waals surface area contributed by atoms with Gasteiger partial charge in [-0.25, -0.2) is 4.98 Å². The SMILES string of the molecule is Cc1nc(C(O[Si](C)(C)C(C)(C)C)C(F)(F)F)co1. The second-order valence-electron chi connectivity index (χ2n) is 6.09. The highest BCUT2D eigenvalue weighted by Crippen LogP contribution is 2.44. The molecule has 110 valence electrons. The van der Waals surface area contributed by atoms with Crippen molar-refractivity contribution in [3.63, 3.8) is 0 Å². The smallest absolute Gasteiger partial charge is 0.419 e. The van der Waals surface area contributed by atoms with Gasteiger partial charge in [0.15, 0.2) is 20.3 Å². The maximum absolute atomic E-state index is 13.1. The van der Waals surface area contributed by atoms with Crippen molar-refractivity contribution in [3.8, 4) is 0 Å². The van der Waals surface area contributed by atoms with E-state index in [0.29, 0.717) is 0 Å². The van der Waals surface area contributed by atoms with E-state index in [1.54, 1.807) is 13.1 Å². The Morgan fingerprint density at radius 3 is 2.11 bits per heavy atom. The van der Waals surface area contributed by atoms with Gasteiger partial charge in [-0.15, -0.1) is 0 Å². The number of oxazole rings is 1. The molecule has 1 aromatic rings. The molecule has 7 heteroatoms. The number of nitrogens with zero attached hydrogens (tertiary/aromatic N) is 1. The Kier molecular flexibility index (Phi) is 4.22. The van der Waals surface area contributed by atoms with Crippen LogP contribution >= 0.6 is 0 Å². The summed E-state index contributed by atoms with van der Waals surface area (Å²) in [7, 11) is -2.55. The van der Waals surface area contributed by atoms with Crippen LogP contribution < -0.4 is 0 Å². The van der Waals surface area contributed by atoms with E-state index in [4.69, 9.17) is 8.84 Å². The summed E-state index contributed by atoms with van der Waals surface area (Å²) >= 11 is 0. The third-order valence-corrected chi connectivity index (χ3v) is 7.86. The zero-order valence-corrected chi connectivity index (χ0v) is 13.1. The number of halogens is 3. The summed E-state index contributed by atoms with van der Waals surface area (Å²) in [6.07, 6.45) is -5.51. The summed E-state index contributed by atoms with van der Waals surface area (Å²) in [6.45, 7) is 10.7. The maximum atomic E-state index is 13.1.